The predicted octanol–water partition coefficient (Wildman–Crippen LogP) is 7.82. The van der Waals surface area contributed by atoms with E-state index < -0.39 is 0 Å². The molecule has 0 unspecified atom stereocenters. The summed E-state index contributed by atoms with van der Waals surface area (Å²) in [6, 6.07) is 25.9. The van der Waals surface area contributed by atoms with E-state index in [1.807, 2.05) is 74.5 Å². The second-order valence-corrected chi connectivity index (χ2v) is 11.3. The van der Waals surface area contributed by atoms with Gasteiger partial charge >= 0.3 is 0 Å². The number of benzene rings is 3. The summed E-state index contributed by atoms with van der Waals surface area (Å²) in [5, 5.41) is 12.3. The Hall–Kier alpha value is -4.86. The van der Waals surface area contributed by atoms with Crippen LogP contribution in [0.3, 0.4) is 0 Å². The first-order chi connectivity index (χ1) is 21.3. The zero-order valence-corrected chi connectivity index (χ0v) is 25.6. The van der Waals surface area contributed by atoms with Crippen molar-refractivity contribution in [3.63, 3.8) is 0 Å². The third kappa shape index (κ3) is 8.37. The van der Waals surface area contributed by atoms with Gasteiger partial charge in [0.2, 0.25) is 0 Å². The van der Waals surface area contributed by atoms with Crippen molar-refractivity contribution in [1.29, 1.82) is 0 Å². The van der Waals surface area contributed by atoms with Gasteiger partial charge in [-0.1, -0.05) is 65.7 Å². The van der Waals surface area contributed by atoms with E-state index in [9.17, 15) is 9.59 Å². The highest BCUT2D eigenvalue weighted by molar-refractivity contribution is 8.18. The summed E-state index contributed by atoms with van der Waals surface area (Å²) >= 11 is 7.48. The standard InChI is InChI=1S/C34H29ClN4O4S/c1-23-10-13-28(14-11-23)37-32(40)22-43-30-15-12-27(35)18-26(30)19-31-33(41)39(21-29-9-6-16-42-29)34(44-31)38-36-20-24(2)17-25-7-4-3-5-8-25/h3-20H,21-22H2,1-2H3,(H,37,40)/b24-17+,31-19-,36-20+,38-34-. The van der Waals surface area contributed by atoms with E-state index in [4.69, 9.17) is 20.8 Å². The molecule has 1 aliphatic heterocycles. The molecule has 0 radical (unpaired) electrons. The average molecular weight is 625 g/mol. The predicted molar refractivity (Wildman–Crippen MR) is 178 cm³/mol. The summed E-state index contributed by atoms with van der Waals surface area (Å²) in [6.45, 7) is 3.86. The Balaban J connectivity index is 1.35. The highest BCUT2D eigenvalue weighted by Crippen LogP contribution is 2.36. The molecule has 1 aromatic heterocycles. The van der Waals surface area contributed by atoms with Crippen molar-refractivity contribution in [3.8, 4) is 5.75 Å². The summed E-state index contributed by atoms with van der Waals surface area (Å²) < 4.78 is 11.3. The molecular weight excluding hydrogens is 596 g/mol. The fourth-order valence-electron chi connectivity index (χ4n) is 4.18. The number of thioether (sulfide) groups is 1. The highest BCUT2D eigenvalue weighted by atomic mass is 35.5. The third-order valence-corrected chi connectivity index (χ3v) is 7.57. The molecule has 1 N–H and O–H groups in total. The lowest BCUT2D eigenvalue weighted by Gasteiger charge is -2.13. The Bertz CT molecular complexity index is 1750. The Labute approximate surface area is 264 Å². The minimum Gasteiger partial charge on any atom is -0.483 e. The van der Waals surface area contributed by atoms with Gasteiger partial charge in [-0.05, 0) is 85.3 Å². The van der Waals surface area contributed by atoms with Crippen LogP contribution < -0.4 is 10.1 Å². The Kier molecular flexibility index (Phi) is 10.1. The first-order valence-corrected chi connectivity index (χ1v) is 14.9. The lowest BCUT2D eigenvalue weighted by Crippen LogP contribution is -2.28. The number of nitrogens with one attached hydrogen (secondary N) is 1. The van der Waals surface area contributed by atoms with E-state index >= 15 is 0 Å². The molecule has 3 aromatic carbocycles. The van der Waals surface area contributed by atoms with E-state index in [-0.39, 0.29) is 25.0 Å². The van der Waals surface area contributed by atoms with Crippen LogP contribution in [0.15, 0.2) is 116 Å². The topological polar surface area (TPSA) is 96.5 Å². The number of aryl methyl sites for hydroxylation is 1. The molecular formula is C34H29ClN4O4S. The number of hydrogen-bond acceptors (Lipinski definition) is 7. The van der Waals surface area contributed by atoms with Gasteiger partial charge in [-0.15, -0.1) is 5.10 Å². The van der Waals surface area contributed by atoms with Gasteiger partial charge in [0.1, 0.15) is 11.5 Å². The van der Waals surface area contributed by atoms with Crippen molar-refractivity contribution in [3.05, 3.63) is 129 Å². The van der Waals surface area contributed by atoms with Gasteiger partial charge in [0.15, 0.2) is 11.8 Å². The second kappa shape index (κ2) is 14.5. The molecule has 4 aromatic rings. The van der Waals surface area contributed by atoms with Crippen molar-refractivity contribution in [2.75, 3.05) is 11.9 Å². The number of amides is 2. The molecule has 0 aliphatic carbocycles. The van der Waals surface area contributed by atoms with Gasteiger partial charge in [0.25, 0.3) is 11.8 Å². The first-order valence-electron chi connectivity index (χ1n) is 13.7. The normalized spacial score (nSPS) is 15.5. The maximum Gasteiger partial charge on any atom is 0.267 e. The molecule has 0 saturated carbocycles. The molecule has 0 atom stereocenters. The van der Waals surface area contributed by atoms with E-state index in [2.05, 4.69) is 15.5 Å². The molecule has 2 heterocycles. The zero-order valence-electron chi connectivity index (χ0n) is 24.1. The maximum atomic E-state index is 13.6. The van der Waals surface area contributed by atoms with Gasteiger partial charge in [-0.3, -0.25) is 14.5 Å². The molecule has 2 amide bonds. The number of furan rings is 1. The van der Waals surface area contributed by atoms with Crippen molar-refractivity contribution in [2.45, 2.75) is 20.4 Å². The smallest absolute Gasteiger partial charge is 0.267 e. The van der Waals surface area contributed by atoms with Crippen LogP contribution in [0.25, 0.3) is 12.2 Å². The number of ether oxygens (including phenoxy) is 1. The minimum atomic E-state index is -0.317. The monoisotopic (exact) mass is 624 g/mol. The Morgan fingerprint density at radius 1 is 1.07 bits per heavy atom. The fraction of sp³-hybridized carbons (Fsp3) is 0.118. The summed E-state index contributed by atoms with van der Waals surface area (Å²) in [7, 11) is 0. The molecule has 222 valence electrons. The van der Waals surface area contributed by atoms with Crippen molar-refractivity contribution >= 4 is 64.4 Å². The number of allylic oxidation sites excluding steroid dienone is 1. The molecule has 1 aliphatic rings. The molecule has 10 heteroatoms. The third-order valence-electron chi connectivity index (χ3n) is 6.33. The quantitative estimate of drug-likeness (QED) is 0.110. The van der Waals surface area contributed by atoms with Crippen LogP contribution in [0, 0.1) is 6.92 Å². The number of carbonyl (C=O) groups is 2. The SMILES string of the molecule is CC(/C=N/N=C1\S/C(=C\c2cc(Cl)ccc2OCC(=O)Nc2ccc(C)cc2)C(=O)N1Cc1ccco1)=C\c1ccccc1. The van der Waals surface area contributed by atoms with Crippen LogP contribution in [0.2, 0.25) is 5.02 Å². The second-order valence-electron chi connectivity index (χ2n) is 9.89. The largest absolute Gasteiger partial charge is 0.483 e. The number of amidine groups is 1. The lowest BCUT2D eigenvalue weighted by atomic mass is 10.1. The van der Waals surface area contributed by atoms with Crippen LogP contribution in [-0.4, -0.2) is 34.7 Å². The number of carbonyl (C=O) groups excluding carboxylic acids is 2. The van der Waals surface area contributed by atoms with Gasteiger partial charge in [0, 0.05) is 16.3 Å². The summed E-state index contributed by atoms with van der Waals surface area (Å²) in [5.74, 6) is 0.405. The Morgan fingerprint density at radius 2 is 1.86 bits per heavy atom. The molecule has 1 saturated heterocycles. The number of hydrogen-bond donors (Lipinski definition) is 1. The number of nitrogens with zero attached hydrogens (tertiary/aromatic N) is 3. The maximum absolute atomic E-state index is 13.6. The van der Waals surface area contributed by atoms with E-state index in [1.165, 1.54) is 16.7 Å². The molecule has 1 fully saturated rings. The van der Waals surface area contributed by atoms with E-state index in [0.717, 1.165) is 16.7 Å². The molecule has 0 spiro atoms. The number of halogens is 1. The van der Waals surface area contributed by atoms with E-state index in [0.29, 0.717) is 37.9 Å². The fourth-order valence-corrected chi connectivity index (χ4v) is 5.29. The summed E-state index contributed by atoms with van der Waals surface area (Å²) in [6.07, 6.45) is 6.86. The van der Waals surface area contributed by atoms with E-state index in [1.54, 1.807) is 48.9 Å². The van der Waals surface area contributed by atoms with Crippen molar-refractivity contribution < 1.29 is 18.7 Å². The minimum absolute atomic E-state index is 0.182. The van der Waals surface area contributed by atoms with Crippen LogP contribution in [0.5, 0.6) is 5.75 Å². The van der Waals surface area contributed by atoms with Crippen LogP contribution in [0.4, 0.5) is 5.69 Å². The molecule has 8 nitrogen and oxygen atoms in total. The molecule has 44 heavy (non-hydrogen) atoms. The first kappa shape index (κ1) is 30.6. The summed E-state index contributed by atoms with van der Waals surface area (Å²) in [4.78, 5) is 28.0. The van der Waals surface area contributed by atoms with Crippen molar-refractivity contribution in [1.82, 2.24) is 4.90 Å². The van der Waals surface area contributed by atoms with Gasteiger partial charge in [0.05, 0.1) is 23.9 Å². The van der Waals surface area contributed by atoms with Gasteiger partial charge in [-0.2, -0.15) is 5.10 Å². The van der Waals surface area contributed by atoms with Crippen molar-refractivity contribution in [2.24, 2.45) is 10.2 Å². The molecule has 0 bridgehead atoms. The Morgan fingerprint density at radius 3 is 2.61 bits per heavy atom. The average Bonchev–Trinajstić information content (AvgIpc) is 3.63. The zero-order chi connectivity index (χ0) is 30.9. The molecule has 5 rings (SSSR count). The number of anilines is 1. The van der Waals surface area contributed by atoms with Gasteiger partial charge in [-0.25, -0.2) is 0 Å². The summed E-state index contributed by atoms with van der Waals surface area (Å²) in [5.41, 5.74) is 4.25. The highest BCUT2D eigenvalue weighted by Gasteiger charge is 2.34. The van der Waals surface area contributed by atoms with Crippen LogP contribution in [-0.2, 0) is 16.1 Å². The lowest BCUT2D eigenvalue weighted by molar-refractivity contribution is -0.122. The van der Waals surface area contributed by atoms with Crippen LogP contribution in [0.1, 0.15) is 29.4 Å². The van der Waals surface area contributed by atoms with Crippen LogP contribution >= 0.6 is 23.4 Å². The van der Waals surface area contributed by atoms with Gasteiger partial charge < -0.3 is 14.5 Å². The number of rotatable bonds is 10.